The van der Waals surface area contributed by atoms with E-state index in [9.17, 15) is 9.90 Å². The molecule has 1 fully saturated rings. The molecule has 7 heteroatoms. The molecule has 7 nitrogen and oxygen atoms in total. The van der Waals surface area contributed by atoms with Crippen molar-refractivity contribution >= 4 is 11.7 Å². The van der Waals surface area contributed by atoms with E-state index in [4.69, 9.17) is 9.47 Å². The molecule has 0 saturated carbocycles. The van der Waals surface area contributed by atoms with Crippen molar-refractivity contribution in [2.75, 3.05) is 24.6 Å². The second-order valence-electron chi connectivity index (χ2n) is 11.7. The summed E-state index contributed by atoms with van der Waals surface area (Å²) in [6, 6.07) is 3.87. The minimum atomic E-state index is -1.13. The number of pyridine rings is 2. The van der Waals surface area contributed by atoms with Crippen LogP contribution in [0, 0.1) is 18.3 Å². The van der Waals surface area contributed by atoms with Gasteiger partial charge < -0.3 is 19.5 Å². The van der Waals surface area contributed by atoms with Gasteiger partial charge in [-0.1, -0.05) is 27.7 Å². The minimum absolute atomic E-state index is 0.255. The summed E-state index contributed by atoms with van der Waals surface area (Å²) in [6.07, 6.45) is 4.37. The molecule has 2 aromatic heterocycles. The van der Waals surface area contributed by atoms with Crippen LogP contribution in [0.2, 0.25) is 0 Å². The third-order valence-corrected chi connectivity index (χ3v) is 6.27. The van der Waals surface area contributed by atoms with E-state index < -0.39 is 17.7 Å². The highest BCUT2D eigenvalue weighted by Gasteiger charge is 2.34. The fourth-order valence-electron chi connectivity index (χ4n) is 4.30. The van der Waals surface area contributed by atoms with Gasteiger partial charge in [0.2, 0.25) is 5.88 Å². The molecule has 0 unspecified atom stereocenters. The molecule has 1 saturated heterocycles. The van der Waals surface area contributed by atoms with E-state index in [1.165, 1.54) is 0 Å². The van der Waals surface area contributed by atoms with Crippen LogP contribution in [0.5, 0.6) is 5.88 Å². The maximum absolute atomic E-state index is 12.4. The number of aromatic nitrogens is 2. The van der Waals surface area contributed by atoms with Crippen molar-refractivity contribution in [3.05, 3.63) is 35.8 Å². The zero-order chi connectivity index (χ0) is 26.0. The zero-order valence-corrected chi connectivity index (χ0v) is 22.5. The number of carbonyl (C=O) groups is 1. The average molecular weight is 484 g/mol. The number of hydrogen-bond donors (Lipinski definition) is 1. The molecule has 0 spiro atoms. The Morgan fingerprint density at radius 1 is 1.14 bits per heavy atom. The van der Waals surface area contributed by atoms with E-state index in [0.717, 1.165) is 48.4 Å². The molecule has 35 heavy (non-hydrogen) atoms. The molecule has 0 bridgehead atoms. The highest BCUT2D eigenvalue weighted by molar-refractivity contribution is 5.86. The van der Waals surface area contributed by atoms with Crippen LogP contribution >= 0.6 is 0 Å². The van der Waals surface area contributed by atoms with Crippen LogP contribution in [0.1, 0.15) is 78.7 Å². The average Bonchev–Trinajstić information content (AvgIpc) is 2.75. The number of piperidine rings is 1. The lowest BCUT2D eigenvalue weighted by Crippen LogP contribution is -2.39. The number of rotatable bonds is 8. The van der Waals surface area contributed by atoms with Gasteiger partial charge in [-0.2, -0.15) is 0 Å². The fraction of sp³-hybridized carbons (Fsp3) is 0.607. The van der Waals surface area contributed by atoms with Gasteiger partial charge in [-0.3, -0.25) is 4.98 Å². The van der Waals surface area contributed by atoms with Crippen molar-refractivity contribution in [1.82, 2.24) is 9.97 Å². The van der Waals surface area contributed by atoms with E-state index in [0.29, 0.717) is 24.0 Å². The summed E-state index contributed by atoms with van der Waals surface area (Å²) < 4.78 is 11.9. The van der Waals surface area contributed by atoms with Gasteiger partial charge in [-0.15, -0.1) is 0 Å². The van der Waals surface area contributed by atoms with Gasteiger partial charge in [0.25, 0.3) is 0 Å². The molecule has 3 heterocycles. The molecular formula is C28H41N3O4. The Kier molecular flexibility index (Phi) is 8.10. The summed E-state index contributed by atoms with van der Waals surface area (Å²) in [7, 11) is 0. The van der Waals surface area contributed by atoms with Crippen LogP contribution < -0.4 is 9.64 Å². The minimum Gasteiger partial charge on any atom is -0.479 e. The molecule has 1 aliphatic heterocycles. The monoisotopic (exact) mass is 483 g/mol. The zero-order valence-electron chi connectivity index (χ0n) is 22.5. The van der Waals surface area contributed by atoms with Crippen molar-refractivity contribution in [2.24, 2.45) is 11.3 Å². The standard InChI is InChI=1S/C28H41N3O4/c1-18(2)17-34-23-10-9-20(19(3)30-23)21-15-29-16-22(25(26(32)33)35-27(4,5)6)24(21)31-13-11-28(7,8)12-14-31/h9-10,15-16,18,25H,11-14,17H2,1-8H3,(H,32,33)/t25-/m0/s1. The van der Waals surface area contributed by atoms with Crippen molar-refractivity contribution in [2.45, 2.75) is 79.9 Å². The summed E-state index contributed by atoms with van der Waals surface area (Å²) >= 11 is 0. The van der Waals surface area contributed by atoms with Crippen LogP contribution in [0.3, 0.4) is 0 Å². The Labute approximate surface area is 209 Å². The molecule has 2 aromatic rings. The van der Waals surface area contributed by atoms with Crippen molar-refractivity contribution in [3.8, 4) is 17.0 Å². The molecule has 1 atom stereocenters. The first-order chi connectivity index (χ1) is 16.3. The van der Waals surface area contributed by atoms with Crippen LogP contribution in [0.25, 0.3) is 11.1 Å². The van der Waals surface area contributed by atoms with E-state index in [-0.39, 0.29) is 5.41 Å². The lowest BCUT2D eigenvalue weighted by Gasteiger charge is -2.40. The van der Waals surface area contributed by atoms with Gasteiger partial charge in [0.15, 0.2) is 6.10 Å². The molecule has 0 aromatic carbocycles. The smallest absolute Gasteiger partial charge is 0.337 e. The van der Waals surface area contributed by atoms with Crippen LogP contribution in [0.15, 0.2) is 24.5 Å². The normalized spacial score (nSPS) is 16.9. The van der Waals surface area contributed by atoms with Crippen LogP contribution in [-0.4, -0.2) is 46.3 Å². The topological polar surface area (TPSA) is 84.8 Å². The largest absolute Gasteiger partial charge is 0.479 e. The van der Waals surface area contributed by atoms with E-state index in [1.54, 1.807) is 6.20 Å². The summed E-state index contributed by atoms with van der Waals surface area (Å²) in [4.78, 5) is 23.9. The van der Waals surface area contributed by atoms with Crippen molar-refractivity contribution in [3.63, 3.8) is 0 Å². The van der Waals surface area contributed by atoms with E-state index >= 15 is 0 Å². The Balaban J connectivity index is 2.13. The number of aliphatic carboxylic acids is 1. The van der Waals surface area contributed by atoms with Crippen LogP contribution in [-0.2, 0) is 9.53 Å². The number of aryl methyl sites for hydroxylation is 1. The SMILES string of the molecule is Cc1nc(OCC(C)C)ccc1-c1cncc([C@H](OC(C)(C)C)C(=O)O)c1N1CCC(C)(C)CC1. The summed E-state index contributed by atoms with van der Waals surface area (Å²) in [5.74, 6) is -0.0297. The van der Waals surface area contributed by atoms with Gasteiger partial charge in [-0.05, 0) is 57.9 Å². The second kappa shape index (κ2) is 10.5. The highest BCUT2D eigenvalue weighted by atomic mass is 16.5. The Morgan fingerprint density at radius 2 is 1.80 bits per heavy atom. The third kappa shape index (κ3) is 6.94. The predicted octanol–water partition coefficient (Wildman–Crippen LogP) is 6.05. The number of anilines is 1. The maximum atomic E-state index is 12.4. The lowest BCUT2D eigenvalue weighted by molar-refractivity contribution is -0.160. The third-order valence-electron chi connectivity index (χ3n) is 6.27. The molecule has 0 aliphatic carbocycles. The first-order valence-electron chi connectivity index (χ1n) is 12.5. The Bertz CT molecular complexity index is 1030. The molecular weight excluding hydrogens is 442 g/mol. The summed E-state index contributed by atoms with van der Waals surface area (Å²) in [5, 5.41) is 10.2. The summed E-state index contributed by atoms with van der Waals surface area (Å²) in [6.45, 7) is 18.6. The highest BCUT2D eigenvalue weighted by Crippen LogP contribution is 2.42. The Hall–Kier alpha value is -2.67. The van der Waals surface area contributed by atoms with Crippen molar-refractivity contribution < 1.29 is 19.4 Å². The molecule has 192 valence electrons. The molecule has 1 aliphatic rings. The van der Waals surface area contributed by atoms with Crippen molar-refractivity contribution in [1.29, 1.82) is 0 Å². The quantitative estimate of drug-likeness (QED) is 0.489. The van der Waals surface area contributed by atoms with Gasteiger partial charge in [-0.25, -0.2) is 9.78 Å². The predicted molar refractivity (Wildman–Crippen MR) is 139 cm³/mol. The number of carboxylic acids is 1. The Morgan fingerprint density at radius 3 is 2.34 bits per heavy atom. The fourth-order valence-corrected chi connectivity index (χ4v) is 4.30. The number of hydrogen-bond acceptors (Lipinski definition) is 6. The van der Waals surface area contributed by atoms with E-state index in [2.05, 4.69) is 42.6 Å². The first kappa shape index (κ1) is 26.9. The molecule has 1 N–H and O–H groups in total. The first-order valence-corrected chi connectivity index (χ1v) is 12.5. The molecule has 0 radical (unpaired) electrons. The molecule has 0 amide bonds. The summed E-state index contributed by atoms with van der Waals surface area (Å²) in [5.41, 5.74) is 3.66. The number of nitrogens with zero attached hydrogens (tertiary/aromatic N) is 3. The number of ether oxygens (including phenoxy) is 2. The second-order valence-corrected chi connectivity index (χ2v) is 11.7. The lowest BCUT2D eigenvalue weighted by atomic mass is 9.82. The van der Waals surface area contributed by atoms with Crippen LogP contribution in [0.4, 0.5) is 5.69 Å². The van der Waals surface area contributed by atoms with Gasteiger partial charge in [0.05, 0.1) is 17.9 Å². The molecule has 3 rings (SSSR count). The van der Waals surface area contributed by atoms with E-state index in [1.807, 2.05) is 46.0 Å². The van der Waals surface area contributed by atoms with Gasteiger partial charge in [0, 0.05) is 53.9 Å². The number of carboxylic acid groups (broad SMARTS) is 1. The van der Waals surface area contributed by atoms with Gasteiger partial charge in [0.1, 0.15) is 0 Å². The maximum Gasteiger partial charge on any atom is 0.337 e. The van der Waals surface area contributed by atoms with Gasteiger partial charge >= 0.3 is 5.97 Å².